The van der Waals surface area contributed by atoms with Gasteiger partial charge in [0.1, 0.15) is 11.8 Å². The Kier molecular flexibility index (Phi) is 5.88. The van der Waals surface area contributed by atoms with Gasteiger partial charge in [-0.2, -0.15) is 0 Å². The number of hydrogen-bond acceptors (Lipinski definition) is 7. The number of fused-ring (bicyclic) bond motifs is 1. The molecule has 1 aliphatic heterocycles. The lowest BCUT2D eigenvalue weighted by molar-refractivity contribution is -0.185. The van der Waals surface area contributed by atoms with Gasteiger partial charge in [-0.25, -0.2) is 0 Å². The van der Waals surface area contributed by atoms with Gasteiger partial charge in [-0.1, -0.05) is 6.07 Å². The molecule has 4 rings (SSSR count). The van der Waals surface area contributed by atoms with Gasteiger partial charge in [0.05, 0.1) is 17.6 Å². The van der Waals surface area contributed by atoms with Crippen LogP contribution in [0.15, 0.2) is 12.1 Å². The molecule has 2 aliphatic carbocycles. The summed E-state index contributed by atoms with van der Waals surface area (Å²) in [7, 11) is 3.72. The standard InChI is InChI=1S/C23H31N3O7/c1-26-8-7-22-11-13(25-15(21(31)32)10-17(27)28)5-6-23(22,33-2)16(26)9-12-3-4-14(20(24)30)19(29)18(12)22/h3-4,13,15-16,25,29H,5-11H2,1-2H3,(H2,24,30)(H,27,28)(H,31,32)/t13-,15?,16+,22+,23-/m1/s1. The number of ether oxygens (including phenoxy) is 1. The molecule has 1 heterocycles. The van der Waals surface area contributed by atoms with Crippen molar-refractivity contribution in [1.82, 2.24) is 10.2 Å². The van der Waals surface area contributed by atoms with Crippen molar-refractivity contribution < 1.29 is 34.4 Å². The van der Waals surface area contributed by atoms with Gasteiger partial charge in [0.2, 0.25) is 0 Å². The minimum atomic E-state index is -1.23. The van der Waals surface area contributed by atoms with E-state index >= 15 is 0 Å². The number of nitrogens with one attached hydrogen (secondary N) is 1. The number of rotatable bonds is 7. The van der Waals surface area contributed by atoms with E-state index in [4.69, 9.17) is 15.6 Å². The van der Waals surface area contributed by atoms with Crippen molar-refractivity contribution in [2.45, 2.75) is 67.7 Å². The van der Waals surface area contributed by atoms with Gasteiger partial charge < -0.3 is 36.0 Å². The fourth-order valence-corrected chi connectivity index (χ4v) is 6.76. The number of methoxy groups -OCH3 is 1. The third kappa shape index (κ3) is 3.48. The summed E-state index contributed by atoms with van der Waals surface area (Å²) >= 11 is 0. The molecule has 0 aromatic heterocycles. The van der Waals surface area contributed by atoms with Crippen molar-refractivity contribution in [2.75, 3.05) is 20.7 Å². The molecule has 10 heteroatoms. The van der Waals surface area contributed by atoms with E-state index in [9.17, 15) is 24.6 Å². The number of carbonyl (C=O) groups excluding carboxylic acids is 1. The smallest absolute Gasteiger partial charge is 0.321 e. The number of carboxylic acid groups (broad SMARTS) is 2. The van der Waals surface area contributed by atoms with Crippen molar-refractivity contribution >= 4 is 17.8 Å². The lowest BCUT2D eigenvalue weighted by atomic mass is 9.48. The molecular formula is C23H31N3O7. The molecule has 3 aliphatic rings. The molecule has 10 nitrogen and oxygen atoms in total. The largest absolute Gasteiger partial charge is 0.507 e. The molecule has 6 N–H and O–H groups in total. The number of benzene rings is 1. The zero-order valence-corrected chi connectivity index (χ0v) is 18.8. The van der Waals surface area contributed by atoms with Crippen LogP contribution in [-0.4, -0.2) is 82.5 Å². The van der Waals surface area contributed by atoms with Crippen LogP contribution in [0.4, 0.5) is 0 Å². The first kappa shape index (κ1) is 23.5. The highest BCUT2D eigenvalue weighted by molar-refractivity contribution is 5.96. The fraction of sp³-hybridized carbons (Fsp3) is 0.609. The Morgan fingerprint density at radius 3 is 2.64 bits per heavy atom. The zero-order valence-electron chi connectivity index (χ0n) is 18.8. The lowest BCUT2D eigenvalue weighted by Crippen LogP contribution is -2.74. The number of primary amides is 1. The van der Waals surface area contributed by atoms with Gasteiger partial charge in [-0.05, 0) is 57.3 Å². The number of phenols is 1. The minimum Gasteiger partial charge on any atom is -0.507 e. The van der Waals surface area contributed by atoms with Crippen LogP contribution in [0.25, 0.3) is 0 Å². The van der Waals surface area contributed by atoms with Crippen LogP contribution in [0, 0.1) is 0 Å². The highest BCUT2D eigenvalue weighted by atomic mass is 16.5. The number of piperidine rings is 1. The van der Waals surface area contributed by atoms with Crippen molar-refractivity contribution in [3.63, 3.8) is 0 Å². The highest BCUT2D eigenvalue weighted by Gasteiger charge is 2.66. The average Bonchev–Trinajstić information content (AvgIpc) is 2.74. The third-order valence-electron chi connectivity index (χ3n) is 8.13. The quantitative estimate of drug-likeness (QED) is 0.388. The van der Waals surface area contributed by atoms with Crippen LogP contribution < -0.4 is 11.1 Å². The normalized spacial score (nSPS) is 31.8. The maximum atomic E-state index is 12.0. The van der Waals surface area contributed by atoms with Crippen molar-refractivity contribution in [1.29, 1.82) is 0 Å². The monoisotopic (exact) mass is 461 g/mol. The zero-order chi connectivity index (χ0) is 24.1. The highest BCUT2D eigenvalue weighted by Crippen LogP contribution is 2.61. The Morgan fingerprint density at radius 2 is 2.03 bits per heavy atom. The number of aliphatic carboxylic acids is 2. The SMILES string of the molecule is CO[C@@]12CC[C@@H](NC(CC(=O)O)C(=O)O)C[C@]13CCN(C)[C@H]2Cc1ccc(C(N)=O)c(O)c13. The van der Waals surface area contributed by atoms with Gasteiger partial charge in [-0.15, -0.1) is 0 Å². The predicted octanol–water partition coefficient (Wildman–Crippen LogP) is 0.444. The number of amides is 1. The minimum absolute atomic E-state index is 0.0396. The number of likely N-dealkylation sites (N-methyl/N-ethyl adjacent to an activating group) is 1. The second-order valence-corrected chi connectivity index (χ2v) is 9.58. The summed E-state index contributed by atoms with van der Waals surface area (Å²) in [5.74, 6) is -3.27. The number of carbonyl (C=O) groups is 3. The summed E-state index contributed by atoms with van der Waals surface area (Å²) in [4.78, 5) is 37.2. The van der Waals surface area contributed by atoms with E-state index in [-0.39, 0.29) is 23.4 Å². The summed E-state index contributed by atoms with van der Waals surface area (Å²) in [6, 6.07) is 1.89. The van der Waals surface area contributed by atoms with Crippen LogP contribution in [-0.2, 0) is 26.2 Å². The topological polar surface area (TPSA) is 162 Å². The number of likely N-dealkylation sites (tertiary alicyclic amines) is 1. The second kappa shape index (κ2) is 8.27. The van der Waals surface area contributed by atoms with E-state index in [0.29, 0.717) is 37.7 Å². The molecule has 1 aromatic carbocycles. The van der Waals surface area contributed by atoms with Crippen LogP contribution in [0.2, 0.25) is 0 Å². The Morgan fingerprint density at radius 1 is 1.30 bits per heavy atom. The second-order valence-electron chi connectivity index (χ2n) is 9.58. The van der Waals surface area contributed by atoms with Gasteiger partial charge in [0, 0.05) is 30.2 Å². The lowest BCUT2D eigenvalue weighted by Gasteiger charge is -2.66. The first-order valence-corrected chi connectivity index (χ1v) is 11.2. The number of carboxylic acids is 2. The molecule has 0 spiro atoms. The third-order valence-corrected chi connectivity index (χ3v) is 8.13. The van der Waals surface area contributed by atoms with E-state index in [0.717, 1.165) is 12.1 Å². The van der Waals surface area contributed by atoms with Crippen LogP contribution in [0.1, 0.15) is 53.6 Å². The molecular weight excluding hydrogens is 430 g/mol. The van der Waals surface area contributed by atoms with Crippen molar-refractivity contribution in [2.24, 2.45) is 5.73 Å². The molecule has 0 radical (unpaired) electrons. The molecule has 5 atom stereocenters. The van der Waals surface area contributed by atoms with Crippen molar-refractivity contribution in [3.05, 3.63) is 28.8 Å². The molecule has 2 bridgehead atoms. The molecule has 1 saturated heterocycles. The van der Waals surface area contributed by atoms with Crippen LogP contribution in [0.3, 0.4) is 0 Å². The van der Waals surface area contributed by atoms with E-state index in [1.807, 2.05) is 6.07 Å². The number of nitrogens with zero attached hydrogens (tertiary/aromatic N) is 1. The van der Waals surface area contributed by atoms with E-state index in [1.54, 1.807) is 13.2 Å². The van der Waals surface area contributed by atoms with Crippen LogP contribution in [0.5, 0.6) is 5.75 Å². The first-order valence-electron chi connectivity index (χ1n) is 11.2. The molecule has 1 aromatic rings. The van der Waals surface area contributed by atoms with Gasteiger partial charge >= 0.3 is 11.9 Å². The maximum absolute atomic E-state index is 12.0. The Hall–Kier alpha value is -2.69. The average molecular weight is 462 g/mol. The predicted molar refractivity (Wildman–Crippen MR) is 117 cm³/mol. The fourth-order valence-electron chi connectivity index (χ4n) is 6.76. The van der Waals surface area contributed by atoms with Gasteiger partial charge in [0.25, 0.3) is 5.91 Å². The van der Waals surface area contributed by atoms with Crippen molar-refractivity contribution in [3.8, 4) is 5.75 Å². The molecule has 180 valence electrons. The molecule has 1 saturated carbocycles. The molecule has 1 unspecified atom stereocenters. The summed E-state index contributed by atoms with van der Waals surface area (Å²) in [5, 5.41) is 33.0. The molecule has 2 fully saturated rings. The number of aromatic hydroxyl groups is 1. The number of nitrogens with two attached hydrogens (primary N) is 1. The molecule has 33 heavy (non-hydrogen) atoms. The first-order chi connectivity index (χ1) is 15.6. The van der Waals surface area contributed by atoms with Gasteiger partial charge in [-0.3, -0.25) is 14.4 Å². The number of hydrogen-bond donors (Lipinski definition) is 5. The Bertz CT molecular complexity index is 999. The Balaban J connectivity index is 1.83. The van der Waals surface area contributed by atoms with E-state index in [2.05, 4.69) is 17.3 Å². The summed E-state index contributed by atoms with van der Waals surface area (Å²) in [5.41, 5.74) is 5.82. The summed E-state index contributed by atoms with van der Waals surface area (Å²) < 4.78 is 6.28. The summed E-state index contributed by atoms with van der Waals surface area (Å²) in [6.07, 6.45) is 2.36. The van der Waals surface area contributed by atoms with Crippen LogP contribution >= 0.6 is 0 Å². The Labute approximate surface area is 191 Å². The van der Waals surface area contributed by atoms with E-state index < -0.39 is 41.3 Å². The molecule has 1 amide bonds. The maximum Gasteiger partial charge on any atom is 0.321 e. The van der Waals surface area contributed by atoms with Gasteiger partial charge in [0.15, 0.2) is 0 Å². The summed E-state index contributed by atoms with van der Waals surface area (Å²) in [6.45, 7) is 0.736. The van der Waals surface area contributed by atoms with E-state index in [1.165, 1.54) is 0 Å².